The molecule has 2 rings (SSSR count). The van der Waals surface area contributed by atoms with Crippen LogP contribution >= 0.6 is 0 Å². The van der Waals surface area contributed by atoms with Crippen molar-refractivity contribution in [2.24, 2.45) is 0 Å². The molecule has 42 heavy (non-hydrogen) atoms. The first-order chi connectivity index (χ1) is 19.9. The highest BCUT2D eigenvalue weighted by Crippen LogP contribution is 2.38. The molecule has 2 atom stereocenters. The number of aliphatic hydroxyl groups is 2. The van der Waals surface area contributed by atoms with Crippen molar-refractivity contribution in [1.29, 1.82) is 0 Å². The van der Waals surface area contributed by atoms with Gasteiger partial charge in [-0.2, -0.15) is 0 Å². The molecule has 0 aliphatic rings. The summed E-state index contributed by atoms with van der Waals surface area (Å²) < 4.78 is 29.4. The van der Waals surface area contributed by atoms with Crippen LogP contribution in [-0.2, 0) is 30.4 Å². The molecule has 0 saturated carbocycles. The van der Waals surface area contributed by atoms with Gasteiger partial charge in [-0.3, -0.25) is 9.78 Å². The number of ether oxygens (including phenoxy) is 3. The van der Waals surface area contributed by atoms with E-state index in [4.69, 9.17) is 19.2 Å². The highest BCUT2D eigenvalue weighted by molar-refractivity contribution is 5.80. The average molecular weight is 593 g/mol. The Bertz CT molecular complexity index is 1190. The second-order valence-corrected chi connectivity index (χ2v) is 10.3. The number of hydrogen-bond acceptors (Lipinski definition) is 10. The zero-order chi connectivity index (χ0) is 31.2. The molecule has 0 spiro atoms. The Morgan fingerprint density at radius 3 is 2.29 bits per heavy atom. The van der Waals surface area contributed by atoms with Gasteiger partial charge in [-0.15, -0.1) is 10.1 Å². The lowest BCUT2D eigenvalue weighted by molar-refractivity contribution is -0.758. The number of rotatable bonds is 18. The summed E-state index contributed by atoms with van der Waals surface area (Å²) in [6, 6.07) is 6.19. The fourth-order valence-corrected chi connectivity index (χ4v) is 4.39. The van der Waals surface area contributed by atoms with Crippen molar-refractivity contribution in [3.05, 3.63) is 68.8 Å². The van der Waals surface area contributed by atoms with Crippen molar-refractivity contribution in [1.82, 2.24) is 4.98 Å². The summed E-state index contributed by atoms with van der Waals surface area (Å²) in [5.41, 5.74) is 4.92. The van der Waals surface area contributed by atoms with Crippen LogP contribution in [0.5, 0.6) is 0 Å². The van der Waals surface area contributed by atoms with Crippen LogP contribution in [0.2, 0.25) is 0 Å². The quantitative estimate of drug-likeness (QED) is 0.109. The van der Waals surface area contributed by atoms with Crippen LogP contribution in [0.1, 0.15) is 74.9 Å². The molecule has 1 aromatic heterocycles. The number of benzene rings is 1. The number of hydrogen-bond donors (Lipinski definition) is 2. The largest absolute Gasteiger partial charge is 0.463 e. The van der Waals surface area contributed by atoms with Crippen molar-refractivity contribution >= 4 is 12.0 Å². The summed E-state index contributed by atoms with van der Waals surface area (Å²) in [6.07, 6.45) is 0.575. The summed E-state index contributed by atoms with van der Waals surface area (Å²) in [7, 11) is 1.60. The van der Waals surface area contributed by atoms with E-state index in [9.17, 15) is 29.5 Å². The van der Waals surface area contributed by atoms with Crippen molar-refractivity contribution in [3.8, 4) is 11.1 Å². The van der Waals surface area contributed by atoms with Gasteiger partial charge in [0, 0.05) is 30.4 Å². The molecule has 12 heteroatoms. The average Bonchev–Trinajstić information content (AvgIpc) is 2.91. The SMILES string of the molecule is COCc1c(C(C)C)nc(C(C)C)c(/C=C/[C@@H](O)C[C@@H](O)CC(=O)OCCOCCO[N+](=O)[O-])c1-c1ccc(F)cc1. The summed E-state index contributed by atoms with van der Waals surface area (Å²) in [5.74, 6) is -0.911. The Morgan fingerprint density at radius 2 is 1.69 bits per heavy atom. The van der Waals surface area contributed by atoms with E-state index in [1.165, 1.54) is 18.2 Å². The number of methoxy groups -OCH3 is 1. The highest BCUT2D eigenvalue weighted by atomic mass is 19.1. The molecule has 0 unspecified atom stereocenters. The van der Waals surface area contributed by atoms with Crippen LogP contribution in [0.4, 0.5) is 4.39 Å². The fraction of sp³-hybridized carbons (Fsp3) is 0.533. The summed E-state index contributed by atoms with van der Waals surface area (Å²) in [4.78, 5) is 31.2. The van der Waals surface area contributed by atoms with Gasteiger partial charge in [0.2, 0.25) is 0 Å². The molecule has 11 nitrogen and oxygen atoms in total. The summed E-state index contributed by atoms with van der Waals surface area (Å²) >= 11 is 0. The Labute approximate surface area is 245 Å². The minimum atomic E-state index is -1.17. The molecule has 1 aromatic carbocycles. The van der Waals surface area contributed by atoms with Gasteiger partial charge in [-0.05, 0) is 35.1 Å². The number of aliphatic hydroxyl groups excluding tert-OH is 2. The third kappa shape index (κ3) is 11.1. The molecule has 2 N–H and O–H groups in total. The van der Waals surface area contributed by atoms with E-state index in [0.717, 1.165) is 33.6 Å². The molecular formula is C30H41FN2O9. The molecule has 0 saturated heterocycles. The van der Waals surface area contributed by atoms with E-state index in [-0.39, 0.29) is 63.5 Å². The van der Waals surface area contributed by atoms with Crippen molar-refractivity contribution < 1.29 is 43.5 Å². The number of nitrogens with zero attached hydrogens (tertiary/aromatic N) is 2. The van der Waals surface area contributed by atoms with Gasteiger partial charge in [-0.25, -0.2) is 4.39 Å². The van der Waals surface area contributed by atoms with Gasteiger partial charge < -0.3 is 29.3 Å². The molecule has 0 aliphatic heterocycles. The number of carbonyl (C=O) groups is 1. The summed E-state index contributed by atoms with van der Waals surface area (Å²) in [5, 5.41) is 30.2. The lowest BCUT2D eigenvalue weighted by atomic mass is 9.87. The zero-order valence-corrected chi connectivity index (χ0v) is 24.7. The van der Waals surface area contributed by atoms with Crippen LogP contribution in [0.25, 0.3) is 17.2 Å². The van der Waals surface area contributed by atoms with Crippen molar-refractivity contribution in [2.45, 2.75) is 71.2 Å². The maximum Gasteiger partial charge on any atom is 0.308 e. The Hall–Kier alpha value is -3.45. The van der Waals surface area contributed by atoms with Crippen LogP contribution in [0, 0.1) is 15.9 Å². The summed E-state index contributed by atoms with van der Waals surface area (Å²) in [6.45, 7) is 8.06. The van der Waals surface area contributed by atoms with Gasteiger partial charge in [0.25, 0.3) is 5.09 Å². The molecule has 0 radical (unpaired) electrons. The Morgan fingerprint density at radius 1 is 1.05 bits per heavy atom. The Balaban J connectivity index is 2.18. The minimum absolute atomic E-state index is 0.0114. The first-order valence-electron chi connectivity index (χ1n) is 13.8. The van der Waals surface area contributed by atoms with Gasteiger partial charge in [0.15, 0.2) is 0 Å². The first kappa shape index (κ1) is 34.7. The van der Waals surface area contributed by atoms with Crippen molar-refractivity contribution in [2.75, 3.05) is 33.5 Å². The number of pyridine rings is 1. The number of esters is 1. The van der Waals surface area contributed by atoms with Crippen LogP contribution in [0.15, 0.2) is 30.3 Å². The molecule has 2 aromatic rings. The Kier molecular flexibility index (Phi) is 14.5. The van der Waals surface area contributed by atoms with Crippen LogP contribution < -0.4 is 0 Å². The van der Waals surface area contributed by atoms with E-state index in [1.807, 2.05) is 27.7 Å². The maximum atomic E-state index is 13.8. The van der Waals surface area contributed by atoms with Crippen LogP contribution in [0.3, 0.4) is 0 Å². The van der Waals surface area contributed by atoms with E-state index < -0.39 is 23.3 Å². The third-order valence-corrected chi connectivity index (χ3v) is 6.23. The number of halogens is 1. The van der Waals surface area contributed by atoms with E-state index in [2.05, 4.69) is 4.84 Å². The predicted octanol–water partition coefficient (Wildman–Crippen LogP) is 4.56. The van der Waals surface area contributed by atoms with Gasteiger partial charge >= 0.3 is 5.97 Å². The highest BCUT2D eigenvalue weighted by Gasteiger charge is 2.23. The standard InChI is InChI=1S/C30H41FN2O9/c1-19(2)29-25(28(21-6-8-22(31)9-7-21)26(18-39-5)30(32-29)20(3)4)11-10-23(34)16-24(35)17-27(36)41-14-12-40-13-15-42-33(37)38/h6-11,19-20,23-24,34-35H,12-18H2,1-5H3/b11-10+/t23-,24-/m1/s1. The molecule has 0 aliphatic carbocycles. The van der Waals surface area contributed by atoms with E-state index in [0.29, 0.717) is 0 Å². The lowest BCUT2D eigenvalue weighted by Crippen LogP contribution is -2.22. The first-order valence-corrected chi connectivity index (χ1v) is 13.8. The maximum absolute atomic E-state index is 13.8. The second kappa shape index (κ2) is 17.5. The lowest BCUT2D eigenvalue weighted by Gasteiger charge is -2.23. The minimum Gasteiger partial charge on any atom is -0.463 e. The molecule has 232 valence electrons. The third-order valence-electron chi connectivity index (χ3n) is 6.23. The monoisotopic (exact) mass is 592 g/mol. The smallest absolute Gasteiger partial charge is 0.308 e. The topological polar surface area (TPSA) is 150 Å². The molecule has 1 heterocycles. The molecule has 0 fully saturated rings. The van der Waals surface area contributed by atoms with Gasteiger partial charge in [0.1, 0.15) is 19.0 Å². The van der Waals surface area contributed by atoms with Gasteiger partial charge in [-0.1, -0.05) is 52.0 Å². The predicted molar refractivity (Wildman–Crippen MR) is 154 cm³/mol. The van der Waals surface area contributed by atoms with Crippen molar-refractivity contribution in [3.63, 3.8) is 0 Å². The molecular weight excluding hydrogens is 551 g/mol. The zero-order valence-electron chi connectivity index (χ0n) is 24.7. The van der Waals surface area contributed by atoms with Crippen LogP contribution in [-0.4, -0.2) is 72.0 Å². The van der Waals surface area contributed by atoms with E-state index in [1.54, 1.807) is 25.3 Å². The fourth-order valence-electron chi connectivity index (χ4n) is 4.39. The van der Waals surface area contributed by atoms with Gasteiger partial charge in [0.05, 0.1) is 44.1 Å². The molecule has 0 bridgehead atoms. The number of carbonyl (C=O) groups excluding carboxylic acids is 1. The second-order valence-electron chi connectivity index (χ2n) is 10.3. The number of aromatic nitrogens is 1. The normalized spacial score (nSPS) is 13.1. The van der Waals surface area contributed by atoms with E-state index >= 15 is 0 Å². The molecule has 0 amide bonds.